The zero-order valence-corrected chi connectivity index (χ0v) is 15.6. The molecule has 27 heavy (non-hydrogen) atoms. The first-order chi connectivity index (χ1) is 13.0. The fraction of sp³-hybridized carbons (Fsp3) is 0.150. The molecule has 3 rings (SSSR count). The Labute approximate surface area is 158 Å². The maximum atomic E-state index is 12.5. The fourth-order valence-corrected chi connectivity index (χ4v) is 3.54. The van der Waals surface area contributed by atoms with Gasteiger partial charge in [-0.05, 0) is 54.4 Å². The summed E-state index contributed by atoms with van der Waals surface area (Å²) in [6.45, 7) is 2.41. The third-order valence-electron chi connectivity index (χ3n) is 4.14. The van der Waals surface area contributed by atoms with Crippen molar-refractivity contribution >= 4 is 15.9 Å². The summed E-state index contributed by atoms with van der Waals surface area (Å²) >= 11 is 0. The van der Waals surface area contributed by atoms with Gasteiger partial charge in [0.25, 0.3) is 5.91 Å². The largest absolute Gasteiger partial charge is 0.467 e. The summed E-state index contributed by atoms with van der Waals surface area (Å²) in [6, 6.07) is 16.9. The monoisotopic (exact) mass is 384 g/mol. The molecule has 6 nitrogen and oxygen atoms in total. The molecule has 0 unspecified atom stereocenters. The smallest absolute Gasteiger partial charge is 0.251 e. The molecule has 1 heterocycles. The molecule has 1 aromatic heterocycles. The van der Waals surface area contributed by atoms with Gasteiger partial charge in [0.05, 0.1) is 17.7 Å². The minimum Gasteiger partial charge on any atom is -0.467 e. The molecule has 0 saturated heterocycles. The summed E-state index contributed by atoms with van der Waals surface area (Å²) in [7, 11) is -3.66. The van der Waals surface area contributed by atoms with E-state index in [-0.39, 0.29) is 23.9 Å². The van der Waals surface area contributed by atoms with E-state index < -0.39 is 10.0 Å². The van der Waals surface area contributed by atoms with Crippen LogP contribution in [0.15, 0.2) is 76.2 Å². The Kier molecular flexibility index (Phi) is 5.73. The highest BCUT2D eigenvalue weighted by Crippen LogP contribution is 2.13. The van der Waals surface area contributed by atoms with Crippen LogP contribution in [0.25, 0.3) is 0 Å². The van der Waals surface area contributed by atoms with Crippen molar-refractivity contribution < 1.29 is 17.6 Å². The number of aryl methyl sites for hydroxylation is 1. The van der Waals surface area contributed by atoms with Crippen LogP contribution < -0.4 is 10.0 Å². The molecule has 0 radical (unpaired) electrons. The van der Waals surface area contributed by atoms with Gasteiger partial charge < -0.3 is 9.73 Å². The number of amides is 1. The van der Waals surface area contributed by atoms with Crippen LogP contribution in [-0.2, 0) is 23.1 Å². The SMILES string of the molecule is Cc1ccccc1CNS(=O)(=O)c1ccc(C(=O)NCc2ccco2)cc1. The lowest BCUT2D eigenvalue weighted by molar-refractivity contribution is 0.0948. The van der Waals surface area contributed by atoms with Crippen LogP contribution in [0.3, 0.4) is 0 Å². The van der Waals surface area contributed by atoms with Crippen molar-refractivity contribution in [3.63, 3.8) is 0 Å². The molecule has 2 N–H and O–H groups in total. The Morgan fingerprint density at radius 1 is 0.963 bits per heavy atom. The Balaban J connectivity index is 1.63. The molecule has 2 aromatic carbocycles. The third-order valence-corrected chi connectivity index (χ3v) is 5.56. The van der Waals surface area contributed by atoms with Gasteiger partial charge in [0, 0.05) is 12.1 Å². The van der Waals surface area contributed by atoms with Gasteiger partial charge in [-0.1, -0.05) is 24.3 Å². The summed E-state index contributed by atoms with van der Waals surface area (Å²) in [5.74, 6) is 0.339. The molecule has 0 aliphatic carbocycles. The van der Waals surface area contributed by atoms with E-state index in [4.69, 9.17) is 4.42 Å². The minimum atomic E-state index is -3.66. The first-order valence-corrected chi connectivity index (χ1v) is 9.89. The second-order valence-electron chi connectivity index (χ2n) is 6.04. The first kappa shape index (κ1) is 18.9. The highest BCUT2D eigenvalue weighted by Gasteiger charge is 2.15. The van der Waals surface area contributed by atoms with Crippen LogP contribution in [-0.4, -0.2) is 14.3 Å². The molecule has 0 saturated carbocycles. The second-order valence-corrected chi connectivity index (χ2v) is 7.80. The average molecular weight is 384 g/mol. The summed E-state index contributed by atoms with van der Waals surface area (Å²) in [5.41, 5.74) is 2.30. The molecule has 0 spiro atoms. The standard InChI is InChI=1S/C20H20N2O4S/c1-15-5-2-3-6-17(15)13-22-27(24,25)19-10-8-16(9-11-19)20(23)21-14-18-7-4-12-26-18/h2-12,22H,13-14H2,1H3,(H,21,23). The highest BCUT2D eigenvalue weighted by molar-refractivity contribution is 7.89. The molecule has 0 aliphatic rings. The lowest BCUT2D eigenvalue weighted by Gasteiger charge is -2.09. The average Bonchev–Trinajstić information content (AvgIpc) is 3.19. The van der Waals surface area contributed by atoms with Crippen molar-refractivity contribution in [2.45, 2.75) is 24.9 Å². The molecule has 0 atom stereocenters. The van der Waals surface area contributed by atoms with Gasteiger partial charge in [0.2, 0.25) is 10.0 Å². The van der Waals surface area contributed by atoms with Crippen LogP contribution in [0.2, 0.25) is 0 Å². The number of rotatable bonds is 7. The van der Waals surface area contributed by atoms with Crippen molar-refractivity contribution in [1.29, 1.82) is 0 Å². The summed E-state index contributed by atoms with van der Waals surface area (Å²) in [4.78, 5) is 12.2. The summed E-state index contributed by atoms with van der Waals surface area (Å²) in [6.07, 6.45) is 1.53. The van der Waals surface area contributed by atoms with Gasteiger partial charge in [-0.2, -0.15) is 0 Å². The molecule has 0 fully saturated rings. The number of hydrogen-bond donors (Lipinski definition) is 2. The van der Waals surface area contributed by atoms with Gasteiger partial charge in [-0.25, -0.2) is 13.1 Å². The van der Waals surface area contributed by atoms with E-state index >= 15 is 0 Å². The third kappa shape index (κ3) is 4.84. The molecule has 1 amide bonds. The predicted octanol–water partition coefficient (Wildman–Crippen LogP) is 3.00. The van der Waals surface area contributed by atoms with Gasteiger partial charge in [-0.15, -0.1) is 0 Å². The highest BCUT2D eigenvalue weighted by atomic mass is 32.2. The van der Waals surface area contributed by atoms with E-state index in [0.717, 1.165) is 11.1 Å². The molecule has 0 bridgehead atoms. The fourth-order valence-electron chi connectivity index (χ4n) is 2.53. The molecule has 3 aromatic rings. The van der Waals surface area contributed by atoms with Crippen molar-refractivity contribution in [1.82, 2.24) is 10.0 Å². The van der Waals surface area contributed by atoms with Gasteiger partial charge in [-0.3, -0.25) is 4.79 Å². The van der Waals surface area contributed by atoms with Crippen molar-refractivity contribution in [3.8, 4) is 0 Å². The Bertz CT molecular complexity index is 1010. The number of carbonyl (C=O) groups excluding carboxylic acids is 1. The van der Waals surface area contributed by atoms with E-state index in [9.17, 15) is 13.2 Å². The number of hydrogen-bond acceptors (Lipinski definition) is 4. The van der Waals surface area contributed by atoms with Gasteiger partial charge in [0.15, 0.2) is 0 Å². The quantitative estimate of drug-likeness (QED) is 0.655. The van der Waals surface area contributed by atoms with E-state index in [1.807, 2.05) is 31.2 Å². The zero-order chi connectivity index (χ0) is 19.3. The predicted molar refractivity (Wildman–Crippen MR) is 102 cm³/mol. The number of benzene rings is 2. The Morgan fingerprint density at radius 3 is 2.37 bits per heavy atom. The topological polar surface area (TPSA) is 88.4 Å². The lowest BCUT2D eigenvalue weighted by atomic mass is 10.1. The van der Waals surface area contributed by atoms with E-state index in [2.05, 4.69) is 10.0 Å². The van der Waals surface area contributed by atoms with Crippen LogP contribution in [0, 0.1) is 6.92 Å². The molecular weight excluding hydrogens is 364 g/mol. The minimum absolute atomic E-state index is 0.110. The Hall–Kier alpha value is -2.90. The van der Waals surface area contributed by atoms with Crippen LogP contribution in [0.4, 0.5) is 0 Å². The lowest BCUT2D eigenvalue weighted by Crippen LogP contribution is -2.24. The summed E-state index contributed by atoms with van der Waals surface area (Å²) < 4.78 is 32.6. The number of furan rings is 1. The molecule has 140 valence electrons. The number of carbonyl (C=O) groups is 1. The second kappa shape index (κ2) is 8.20. The molecule has 7 heteroatoms. The van der Waals surface area contributed by atoms with Crippen molar-refractivity contribution in [3.05, 3.63) is 89.4 Å². The summed E-state index contributed by atoms with van der Waals surface area (Å²) in [5, 5.41) is 2.71. The van der Waals surface area contributed by atoms with Gasteiger partial charge >= 0.3 is 0 Å². The van der Waals surface area contributed by atoms with Crippen molar-refractivity contribution in [2.75, 3.05) is 0 Å². The Morgan fingerprint density at radius 2 is 1.70 bits per heavy atom. The maximum Gasteiger partial charge on any atom is 0.251 e. The van der Waals surface area contributed by atoms with Crippen LogP contribution in [0.5, 0.6) is 0 Å². The number of sulfonamides is 1. The molecular formula is C20H20N2O4S. The van der Waals surface area contributed by atoms with Crippen LogP contribution in [0.1, 0.15) is 27.2 Å². The normalized spacial score (nSPS) is 11.3. The van der Waals surface area contributed by atoms with Gasteiger partial charge in [0.1, 0.15) is 5.76 Å². The van der Waals surface area contributed by atoms with Crippen LogP contribution >= 0.6 is 0 Å². The molecule has 0 aliphatic heterocycles. The van der Waals surface area contributed by atoms with E-state index in [0.29, 0.717) is 11.3 Å². The maximum absolute atomic E-state index is 12.5. The van der Waals surface area contributed by atoms with E-state index in [1.54, 1.807) is 12.1 Å². The number of nitrogens with one attached hydrogen (secondary N) is 2. The van der Waals surface area contributed by atoms with E-state index in [1.165, 1.54) is 30.5 Å². The van der Waals surface area contributed by atoms with Crippen molar-refractivity contribution in [2.24, 2.45) is 0 Å². The zero-order valence-electron chi connectivity index (χ0n) is 14.8. The first-order valence-electron chi connectivity index (χ1n) is 8.40.